The highest BCUT2D eigenvalue weighted by molar-refractivity contribution is 5.86. The van der Waals surface area contributed by atoms with Crippen molar-refractivity contribution in [3.63, 3.8) is 0 Å². The van der Waals surface area contributed by atoms with Gasteiger partial charge >= 0.3 is 0 Å². The van der Waals surface area contributed by atoms with Crippen LogP contribution >= 0.6 is 0 Å². The number of benzene rings is 1. The third-order valence-corrected chi connectivity index (χ3v) is 2.93. The van der Waals surface area contributed by atoms with Crippen molar-refractivity contribution in [1.82, 2.24) is 9.97 Å². The van der Waals surface area contributed by atoms with E-state index in [1.54, 1.807) is 0 Å². The highest BCUT2D eigenvalue weighted by Crippen LogP contribution is 2.25. The lowest BCUT2D eigenvalue weighted by molar-refractivity contribution is 0.611. The van der Waals surface area contributed by atoms with E-state index < -0.39 is 0 Å². The zero-order chi connectivity index (χ0) is 10.8. The van der Waals surface area contributed by atoms with Crippen LogP contribution in [0.25, 0.3) is 11.0 Å². The fourth-order valence-electron chi connectivity index (χ4n) is 1.94. The molecule has 1 aromatic carbocycles. The van der Waals surface area contributed by atoms with E-state index in [0.717, 1.165) is 35.4 Å². The van der Waals surface area contributed by atoms with Gasteiger partial charge in [-0.2, -0.15) is 0 Å². The molecule has 1 heterocycles. The number of H-pyrrole nitrogens is 1. The van der Waals surface area contributed by atoms with Gasteiger partial charge in [0.15, 0.2) is 0 Å². The molecule has 0 amide bonds. The molecule has 0 aliphatic rings. The summed E-state index contributed by atoms with van der Waals surface area (Å²) < 4.78 is 0. The van der Waals surface area contributed by atoms with Gasteiger partial charge in [-0.25, -0.2) is 4.98 Å². The molecule has 3 N–H and O–H groups in total. The molecule has 3 nitrogen and oxygen atoms in total. The van der Waals surface area contributed by atoms with E-state index in [2.05, 4.69) is 23.8 Å². The van der Waals surface area contributed by atoms with E-state index in [1.807, 2.05) is 18.2 Å². The molecule has 0 bridgehead atoms. The number of aromatic nitrogens is 2. The average molecular weight is 203 g/mol. The molecule has 0 aliphatic carbocycles. The zero-order valence-electron chi connectivity index (χ0n) is 9.25. The molecule has 0 aliphatic heterocycles. The lowest BCUT2D eigenvalue weighted by atomic mass is 10.0. The molecule has 3 heteroatoms. The van der Waals surface area contributed by atoms with Crippen LogP contribution < -0.4 is 5.73 Å². The van der Waals surface area contributed by atoms with E-state index >= 15 is 0 Å². The van der Waals surface area contributed by atoms with Gasteiger partial charge < -0.3 is 10.7 Å². The van der Waals surface area contributed by atoms with Crippen LogP contribution in [0.5, 0.6) is 0 Å². The summed E-state index contributed by atoms with van der Waals surface area (Å²) in [7, 11) is 0. The Hall–Kier alpha value is -1.51. The summed E-state index contributed by atoms with van der Waals surface area (Å²) in [4.78, 5) is 7.92. The summed E-state index contributed by atoms with van der Waals surface area (Å²) in [6, 6.07) is 5.86. The number of fused-ring (bicyclic) bond motifs is 1. The van der Waals surface area contributed by atoms with Crippen LogP contribution in [0.15, 0.2) is 18.2 Å². The monoisotopic (exact) mass is 203 g/mol. The summed E-state index contributed by atoms with van der Waals surface area (Å²) >= 11 is 0. The van der Waals surface area contributed by atoms with Crippen molar-refractivity contribution in [3.05, 3.63) is 24.0 Å². The quantitative estimate of drug-likeness (QED) is 0.753. The molecular weight excluding hydrogens is 186 g/mol. The second-order valence-corrected chi connectivity index (χ2v) is 3.88. The molecule has 2 rings (SSSR count). The number of hydrogen-bond acceptors (Lipinski definition) is 2. The Bertz CT molecular complexity index is 455. The molecule has 2 aromatic rings. The number of imidazole rings is 1. The van der Waals surface area contributed by atoms with Crippen molar-refractivity contribution in [2.75, 3.05) is 5.73 Å². The van der Waals surface area contributed by atoms with Crippen LogP contribution in [0.1, 0.15) is 38.4 Å². The molecular formula is C12H17N3. The Labute approximate surface area is 89.7 Å². The molecule has 0 saturated heterocycles. The number of nitrogens with zero attached hydrogens (tertiary/aromatic N) is 1. The van der Waals surface area contributed by atoms with Gasteiger partial charge in [0.25, 0.3) is 0 Å². The zero-order valence-corrected chi connectivity index (χ0v) is 9.25. The molecule has 1 aromatic heterocycles. The maximum absolute atomic E-state index is 5.87. The molecule has 0 radical (unpaired) electrons. The lowest BCUT2D eigenvalue weighted by Gasteiger charge is -2.07. The summed E-state index contributed by atoms with van der Waals surface area (Å²) in [6.45, 7) is 4.37. The molecule has 0 saturated carbocycles. The van der Waals surface area contributed by atoms with Crippen LogP contribution in [-0.2, 0) is 0 Å². The van der Waals surface area contributed by atoms with Gasteiger partial charge in [-0.15, -0.1) is 0 Å². The topological polar surface area (TPSA) is 54.7 Å². The molecule has 0 unspecified atom stereocenters. The van der Waals surface area contributed by atoms with Crippen molar-refractivity contribution in [1.29, 1.82) is 0 Å². The van der Waals surface area contributed by atoms with Crippen LogP contribution in [0.4, 0.5) is 5.69 Å². The van der Waals surface area contributed by atoms with Gasteiger partial charge in [0, 0.05) is 5.92 Å². The average Bonchev–Trinajstić information content (AvgIpc) is 2.65. The molecule has 0 fully saturated rings. The number of rotatable bonds is 3. The SMILES string of the molecule is CCC(CC)c1nc2c(N)cccc2[nH]1. The van der Waals surface area contributed by atoms with E-state index in [4.69, 9.17) is 5.73 Å². The summed E-state index contributed by atoms with van der Waals surface area (Å²) in [5.41, 5.74) is 8.56. The first-order valence-corrected chi connectivity index (χ1v) is 5.50. The van der Waals surface area contributed by atoms with E-state index in [9.17, 15) is 0 Å². The van der Waals surface area contributed by atoms with Crippen molar-refractivity contribution in [2.45, 2.75) is 32.6 Å². The number of hydrogen-bond donors (Lipinski definition) is 2. The molecule has 0 spiro atoms. The highest BCUT2D eigenvalue weighted by Gasteiger charge is 2.12. The van der Waals surface area contributed by atoms with E-state index in [1.165, 1.54) is 0 Å². The largest absolute Gasteiger partial charge is 0.397 e. The number of nitrogens with one attached hydrogen (secondary N) is 1. The maximum Gasteiger partial charge on any atom is 0.111 e. The fourth-order valence-corrected chi connectivity index (χ4v) is 1.94. The number of nitrogen functional groups attached to an aromatic ring is 1. The Balaban J connectivity index is 2.51. The third-order valence-electron chi connectivity index (χ3n) is 2.93. The Kier molecular flexibility index (Phi) is 2.62. The number of anilines is 1. The Morgan fingerprint density at radius 1 is 1.33 bits per heavy atom. The van der Waals surface area contributed by atoms with Gasteiger partial charge in [-0.05, 0) is 25.0 Å². The normalized spacial score (nSPS) is 11.4. The van der Waals surface area contributed by atoms with Crippen LogP contribution in [-0.4, -0.2) is 9.97 Å². The summed E-state index contributed by atoms with van der Waals surface area (Å²) in [5.74, 6) is 1.57. The second kappa shape index (κ2) is 3.93. The van der Waals surface area contributed by atoms with E-state index in [-0.39, 0.29) is 0 Å². The predicted molar refractivity (Wildman–Crippen MR) is 63.8 cm³/mol. The van der Waals surface area contributed by atoms with Gasteiger partial charge in [0.2, 0.25) is 0 Å². The molecule has 80 valence electrons. The predicted octanol–water partition coefficient (Wildman–Crippen LogP) is 3.05. The Morgan fingerprint density at radius 2 is 2.07 bits per heavy atom. The van der Waals surface area contributed by atoms with Crippen LogP contribution in [0, 0.1) is 0 Å². The summed E-state index contributed by atoms with van der Waals surface area (Å²) in [5, 5.41) is 0. The van der Waals surface area contributed by atoms with E-state index in [0.29, 0.717) is 5.92 Å². The lowest BCUT2D eigenvalue weighted by Crippen LogP contribution is -1.97. The fraction of sp³-hybridized carbons (Fsp3) is 0.417. The maximum atomic E-state index is 5.87. The second-order valence-electron chi connectivity index (χ2n) is 3.88. The minimum atomic E-state index is 0.511. The van der Waals surface area contributed by atoms with Gasteiger partial charge in [-0.1, -0.05) is 19.9 Å². The van der Waals surface area contributed by atoms with Crippen molar-refractivity contribution < 1.29 is 0 Å². The van der Waals surface area contributed by atoms with Crippen molar-refractivity contribution in [2.24, 2.45) is 0 Å². The van der Waals surface area contributed by atoms with Gasteiger partial charge in [0.1, 0.15) is 11.3 Å². The van der Waals surface area contributed by atoms with Crippen LogP contribution in [0.3, 0.4) is 0 Å². The van der Waals surface area contributed by atoms with Gasteiger partial charge in [-0.3, -0.25) is 0 Å². The first-order valence-electron chi connectivity index (χ1n) is 5.50. The van der Waals surface area contributed by atoms with Crippen molar-refractivity contribution in [3.8, 4) is 0 Å². The smallest absolute Gasteiger partial charge is 0.111 e. The molecule has 15 heavy (non-hydrogen) atoms. The first kappa shape index (κ1) is 10.0. The number of aromatic amines is 1. The molecule has 0 atom stereocenters. The van der Waals surface area contributed by atoms with Crippen LogP contribution in [0.2, 0.25) is 0 Å². The number of nitrogens with two attached hydrogens (primary N) is 1. The first-order chi connectivity index (χ1) is 7.26. The minimum absolute atomic E-state index is 0.511. The standard InChI is InChI=1S/C12H17N3/c1-3-8(4-2)12-14-10-7-5-6-9(13)11(10)15-12/h5-8H,3-4,13H2,1-2H3,(H,14,15). The highest BCUT2D eigenvalue weighted by atomic mass is 14.9. The van der Waals surface area contributed by atoms with Crippen molar-refractivity contribution >= 4 is 16.7 Å². The van der Waals surface area contributed by atoms with Gasteiger partial charge in [0.05, 0.1) is 11.2 Å². The third kappa shape index (κ3) is 1.69. The Morgan fingerprint density at radius 3 is 2.67 bits per heavy atom. The number of para-hydroxylation sites is 1. The summed E-state index contributed by atoms with van der Waals surface area (Å²) in [6.07, 6.45) is 2.21. The minimum Gasteiger partial charge on any atom is -0.397 e.